The molecule has 1 aliphatic rings. The van der Waals surface area contributed by atoms with Gasteiger partial charge in [-0.25, -0.2) is 0 Å². The summed E-state index contributed by atoms with van der Waals surface area (Å²) in [4.78, 5) is 12.6. The first kappa shape index (κ1) is 16.1. The van der Waals surface area contributed by atoms with Crippen molar-refractivity contribution in [1.29, 1.82) is 0 Å². The summed E-state index contributed by atoms with van der Waals surface area (Å²) < 4.78 is 0. The van der Waals surface area contributed by atoms with Crippen LogP contribution in [-0.4, -0.2) is 23.3 Å². The average Bonchev–Trinajstić information content (AvgIpc) is 2.60. The highest BCUT2D eigenvalue weighted by Crippen LogP contribution is 2.36. The van der Waals surface area contributed by atoms with Crippen LogP contribution in [0.5, 0.6) is 0 Å². The Labute approximate surface area is 141 Å². The summed E-state index contributed by atoms with van der Waals surface area (Å²) in [6.07, 6.45) is 1.01. The maximum atomic E-state index is 12.6. The Kier molecular flexibility index (Phi) is 4.74. The molecule has 0 bridgehead atoms. The monoisotopic (exact) mass is 327 g/mol. The number of aliphatic hydroxyl groups is 1. The molecule has 0 fully saturated rings. The van der Waals surface area contributed by atoms with Gasteiger partial charge in [0.1, 0.15) is 10.9 Å². The topological polar surface area (TPSA) is 49.3 Å². The van der Waals surface area contributed by atoms with Crippen LogP contribution < -0.4 is 5.32 Å². The van der Waals surface area contributed by atoms with Gasteiger partial charge in [-0.15, -0.1) is 11.8 Å². The molecule has 0 saturated heterocycles. The Bertz CT molecular complexity index is 685. The number of benzene rings is 2. The Hall–Kier alpha value is -1.78. The minimum atomic E-state index is -1.07. The number of carbonyl (C=O) groups is 1. The predicted octanol–water partition coefficient (Wildman–Crippen LogP) is 3.04. The van der Waals surface area contributed by atoms with Crippen LogP contribution in [0.25, 0.3) is 0 Å². The van der Waals surface area contributed by atoms with Crippen LogP contribution in [0.15, 0.2) is 54.6 Å². The van der Waals surface area contributed by atoms with Crippen LogP contribution in [0.2, 0.25) is 0 Å². The van der Waals surface area contributed by atoms with Crippen molar-refractivity contribution in [2.24, 2.45) is 0 Å². The summed E-state index contributed by atoms with van der Waals surface area (Å²) in [6.45, 7) is 1.93. The highest BCUT2D eigenvalue weighted by Gasteiger charge is 2.29. The van der Waals surface area contributed by atoms with E-state index < -0.39 is 5.60 Å². The Morgan fingerprint density at radius 3 is 2.70 bits per heavy atom. The van der Waals surface area contributed by atoms with E-state index in [1.807, 2.05) is 48.5 Å². The summed E-state index contributed by atoms with van der Waals surface area (Å²) in [6, 6.07) is 17.5. The van der Waals surface area contributed by atoms with Crippen molar-refractivity contribution in [3.63, 3.8) is 0 Å². The highest BCUT2D eigenvalue weighted by atomic mass is 32.2. The van der Waals surface area contributed by atoms with Gasteiger partial charge in [0, 0.05) is 0 Å². The first-order valence-corrected chi connectivity index (χ1v) is 8.88. The lowest BCUT2D eigenvalue weighted by atomic mass is 9.96. The summed E-state index contributed by atoms with van der Waals surface area (Å²) in [5.41, 5.74) is 2.08. The molecule has 0 aromatic heterocycles. The third-order valence-electron chi connectivity index (χ3n) is 4.23. The third-order valence-corrected chi connectivity index (χ3v) is 5.48. The number of nitrogens with one attached hydrogen (secondary N) is 1. The normalized spacial score (nSPS) is 19.5. The van der Waals surface area contributed by atoms with Crippen LogP contribution in [0.3, 0.4) is 0 Å². The molecule has 0 spiro atoms. The molecule has 3 rings (SSSR count). The van der Waals surface area contributed by atoms with E-state index in [1.54, 1.807) is 18.7 Å². The first-order chi connectivity index (χ1) is 11.1. The lowest BCUT2D eigenvalue weighted by Gasteiger charge is -2.28. The third kappa shape index (κ3) is 3.59. The second kappa shape index (κ2) is 6.77. The van der Waals surface area contributed by atoms with Gasteiger partial charge >= 0.3 is 0 Å². The number of fused-ring (bicyclic) bond motifs is 1. The summed E-state index contributed by atoms with van der Waals surface area (Å²) in [5.74, 6) is 0.919. The van der Waals surface area contributed by atoms with Gasteiger partial charge in [-0.3, -0.25) is 4.79 Å². The summed E-state index contributed by atoms with van der Waals surface area (Å²) in [7, 11) is 0. The molecule has 0 saturated carbocycles. The molecule has 2 aromatic carbocycles. The van der Waals surface area contributed by atoms with Gasteiger partial charge in [-0.05, 0) is 35.8 Å². The van der Waals surface area contributed by atoms with Crippen LogP contribution >= 0.6 is 11.8 Å². The molecule has 1 amide bonds. The zero-order valence-corrected chi connectivity index (χ0v) is 14.0. The Morgan fingerprint density at radius 1 is 1.22 bits per heavy atom. The van der Waals surface area contributed by atoms with Gasteiger partial charge in [-0.2, -0.15) is 0 Å². The largest absolute Gasteiger partial charge is 0.384 e. The molecule has 4 heteroatoms. The maximum Gasteiger partial charge on any atom is 0.237 e. The van der Waals surface area contributed by atoms with Gasteiger partial charge < -0.3 is 10.4 Å². The standard InChI is InChI=1S/C19H21NO2S/c1-19(22,15-8-3-2-4-9-15)13-20-18(21)17-16-10-6-5-7-14(16)11-12-23-17/h2-10,17,22H,11-13H2,1H3,(H,20,21). The zero-order chi connectivity index (χ0) is 16.3. The molecule has 2 N–H and O–H groups in total. The van der Waals surface area contributed by atoms with Crippen LogP contribution in [0, 0.1) is 0 Å². The first-order valence-electron chi connectivity index (χ1n) is 7.83. The fourth-order valence-corrected chi connectivity index (χ4v) is 4.08. The summed E-state index contributed by atoms with van der Waals surface area (Å²) >= 11 is 1.67. The number of carbonyl (C=O) groups excluding carboxylic acids is 1. The van der Waals surface area contributed by atoms with Crippen molar-refractivity contribution in [3.05, 3.63) is 71.3 Å². The maximum absolute atomic E-state index is 12.6. The number of aryl methyl sites for hydroxylation is 1. The lowest BCUT2D eigenvalue weighted by molar-refractivity contribution is -0.121. The fraction of sp³-hybridized carbons (Fsp3) is 0.316. The van der Waals surface area contributed by atoms with Crippen molar-refractivity contribution in [2.45, 2.75) is 24.2 Å². The fourth-order valence-electron chi connectivity index (χ4n) is 2.86. The molecular weight excluding hydrogens is 306 g/mol. The van der Waals surface area contributed by atoms with E-state index in [4.69, 9.17) is 0 Å². The van der Waals surface area contributed by atoms with Crippen molar-refractivity contribution in [2.75, 3.05) is 12.3 Å². The molecule has 0 radical (unpaired) electrons. The second-order valence-corrected chi connectivity index (χ2v) is 7.27. The van der Waals surface area contributed by atoms with E-state index in [2.05, 4.69) is 11.4 Å². The Morgan fingerprint density at radius 2 is 1.91 bits per heavy atom. The minimum Gasteiger partial charge on any atom is -0.384 e. The number of thioether (sulfide) groups is 1. The van der Waals surface area contributed by atoms with Gasteiger partial charge in [-0.1, -0.05) is 54.6 Å². The smallest absolute Gasteiger partial charge is 0.237 e. The van der Waals surface area contributed by atoms with E-state index in [1.165, 1.54) is 5.56 Å². The van der Waals surface area contributed by atoms with Crippen molar-refractivity contribution < 1.29 is 9.90 Å². The zero-order valence-electron chi connectivity index (χ0n) is 13.2. The number of hydrogen-bond acceptors (Lipinski definition) is 3. The van der Waals surface area contributed by atoms with E-state index >= 15 is 0 Å². The number of rotatable bonds is 4. The molecule has 2 unspecified atom stereocenters. The molecule has 1 heterocycles. The molecular formula is C19H21NO2S. The van der Waals surface area contributed by atoms with Gasteiger partial charge in [0.05, 0.1) is 6.54 Å². The van der Waals surface area contributed by atoms with E-state index in [0.29, 0.717) is 0 Å². The van der Waals surface area contributed by atoms with E-state index in [9.17, 15) is 9.90 Å². The van der Waals surface area contributed by atoms with Crippen LogP contribution in [0.4, 0.5) is 0 Å². The minimum absolute atomic E-state index is 0.0293. The Balaban J connectivity index is 1.69. The number of amides is 1. The van der Waals surface area contributed by atoms with Gasteiger partial charge in [0.2, 0.25) is 5.91 Å². The van der Waals surface area contributed by atoms with E-state index in [0.717, 1.165) is 23.3 Å². The SMILES string of the molecule is CC(O)(CNC(=O)C1SCCc2ccccc21)c1ccccc1. The van der Waals surface area contributed by atoms with Crippen LogP contribution in [0.1, 0.15) is 28.9 Å². The van der Waals surface area contributed by atoms with Crippen molar-refractivity contribution >= 4 is 17.7 Å². The molecule has 120 valence electrons. The molecule has 23 heavy (non-hydrogen) atoms. The average molecular weight is 327 g/mol. The summed E-state index contributed by atoms with van der Waals surface area (Å²) in [5, 5.41) is 13.3. The van der Waals surface area contributed by atoms with Crippen molar-refractivity contribution in [3.8, 4) is 0 Å². The predicted molar refractivity (Wildman–Crippen MR) is 94.4 cm³/mol. The molecule has 2 aromatic rings. The molecule has 2 atom stereocenters. The molecule has 3 nitrogen and oxygen atoms in total. The quantitative estimate of drug-likeness (QED) is 0.907. The van der Waals surface area contributed by atoms with E-state index in [-0.39, 0.29) is 17.7 Å². The second-order valence-electron chi connectivity index (χ2n) is 6.06. The van der Waals surface area contributed by atoms with Gasteiger partial charge in [0.15, 0.2) is 0 Å². The van der Waals surface area contributed by atoms with Crippen LogP contribution in [-0.2, 0) is 16.8 Å². The van der Waals surface area contributed by atoms with Gasteiger partial charge in [0.25, 0.3) is 0 Å². The highest BCUT2D eigenvalue weighted by molar-refractivity contribution is 8.00. The van der Waals surface area contributed by atoms with Crippen molar-refractivity contribution in [1.82, 2.24) is 5.32 Å². The molecule has 0 aliphatic carbocycles. The number of hydrogen-bond donors (Lipinski definition) is 2. The molecule has 1 aliphatic heterocycles. The lowest BCUT2D eigenvalue weighted by Crippen LogP contribution is -2.40.